The fourth-order valence-electron chi connectivity index (χ4n) is 3.11. The number of carboxylic acids is 1. The minimum Gasteiger partial charge on any atom is -0.480 e. The molecule has 30 heavy (non-hydrogen) atoms. The van der Waals surface area contributed by atoms with E-state index in [4.69, 9.17) is 21.4 Å². The summed E-state index contributed by atoms with van der Waals surface area (Å²) >= 11 is 6.11. The lowest BCUT2D eigenvalue weighted by Gasteiger charge is -2.16. The first-order chi connectivity index (χ1) is 14.5. The van der Waals surface area contributed by atoms with Crippen molar-refractivity contribution in [2.24, 2.45) is 0 Å². The van der Waals surface area contributed by atoms with Crippen molar-refractivity contribution in [1.82, 2.24) is 25.2 Å². The predicted octanol–water partition coefficient (Wildman–Crippen LogP) is 2.86. The topological polar surface area (TPSA) is 115 Å². The molecule has 0 bridgehead atoms. The van der Waals surface area contributed by atoms with Crippen LogP contribution in [0.2, 0.25) is 5.02 Å². The Bertz CT molecular complexity index is 1010. The zero-order valence-electron chi connectivity index (χ0n) is 16.9. The largest absolute Gasteiger partial charge is 0.480 e. The van der Waals surface area contributed by atoms with E-state index in [1.165, 1.54) is 6.33 Å². The highest BCUT2D eigenvalue weighted by atomic mass is 35.5. The van der Waals surface area contributed by atoms with Crippen molar-refractivity contribution >= 4 is 40.1 Å². The first-order valence-electron chi connectivity index (χ1n) is 9.53. The molecule has 0 amide bonds. The number of ether oxygens (including phenoxy) is 1. The number of carbonyl (C=O) groups is 1. The molecule has 4 N–H and O–H groups in total. The summed E-state index contributed by atoms with van der Waals surface area (Å²) in [5, 5.41) is 16.5. The second kappa shape index (κ2) is 10.2. The highest BCUT2D eigenvalue weighted by Gasteiger charge is 2.14. The summed E-state index contributed by atoms with van der Waals surface area (Å²) < 4.78 is 5.25. The molecule has 160 valence electrons. The number of fused-ring (bicyclic) bond motifs is 1. The molecule has 0 saturated heterocycles. The summed E-state index contributed by atoms with van der Waals surface area (Å²) in [6.45, 7) is 2.21. The maximum atomic E-state index is 10.8. The molecule has 2 aromatic heterocycles. The molecule has 9 nitrogen and oxygen atoms in total. The fraction of sp³-hybridized carbons (Fsp3) is 0.350. The molecule has 0 saturated carbocycles. The number of aromatic amines is 1. The molecule has 0 atom stereocenters. The van der Waals surface area contributed by atoms with Gasteiger partial charge in [0.1, 0.15) is 23.5 Å². The van der Waals surface area contributed by atoms with Crippen molar-refractivity contribution in [1.29, 1.82) is 0 Å². The SMILES string of the molecule is CNCCCN(C)Cc1c[nH]c2ncnc(Nc3ccc(Cl)c(OCC(=O)O)c3)c12. The summed E-state index contributed by atoms with van der Waals surface area (Å²) in [5.41, 5.74) is 2.49. The first kappa shape index (κ1) is 21.8. The highest BCUT2D eigenvalue weighted by Crippen LogP contribution is 2.31. The third-order valence-corrected chi connectivity index (χ3v) is 4.82. The smallest absolute Gasteiger partial charge is 0.341 e. The number of carboxylic acid groups (broad SMARTS) is 1. The maximum absolute atomic E-state index is 10.8. The number of hydrogen-bond acceptors (Lipinski definition) is 7. The Labute approximate surface area is 179 Å². The molecule has 0 fully saturated rings. The van der Waals surface area contributed by atoms with Crippen molar-refractivity contribution in [2.75, 3.05) is 39.1 Å². The lowest BCUT2D eigenvalue weighted by Crippen LogP contribution is -2.22. The molecule has 2 heterocycles. The minimum absolute atomic E-state index is 0.285. The van der Waals surface area contributed by atoms with Crippen LogP contribution in [0.3, 0.4) is 0 Å². The number of anilines is 2. The molecule has 0 aliphatic heterocycles. The average Bonchev–Trinajstić information content (AvgIpc) is 3.12. The van der Waals surface area contributed by atoms with Crippen LogP contribution < -0.4 is 15.4 Å². The molecule has 0 spiro atoms. The molecule has 1 aromatic carbocycles. The Morgan fingerprint density at radius 2 is 2.20 bits per heavy atom. The van der Waals surface area contributed by atoms with E-state index in [1.807, 2.05) is 13.2 Å². The van der Waals surface area contributed by atoms with Crippen LogP contribution in [-0.4, -0.2) is 64.7 Å². The Morgan fingerprint density at radius 1 is 1.37 bits per heavy atom. The fourth-order valence-corrected chi connectivity index (χ4v) is 3.28. The number of halogens is 1. The van der Waals surface area contributed by atoms with Gasteiger partial charge in [0.15, 0.2) is 6.61 Å². The van der Waals surface area contributed by atoms with Crippen molar-refractivity contribution in [2.45, 2.75) is 13.0 Å². The van der Waals surface area contributed by atoms with Gasteiger partial charge in [-0.25, -0.2) is 14.8 Å². The molecule has 0 unspecified atom stereocenters. The van der Waals surface area contributed by atoms with Crippen LogP contribution in [0.15, 0.2) is 30.7 Å². The van der Waals surface area contributed by atoms with E-state index < -0.39 is 12.6 Å². The van der Waals surface area contributed by atoms with Crippen LogP contribution in [0.1, 0.15) is 12.0 Å². The molecule has 0 aliphatic rings. The quantitative estimate of drug-likeness (QED) is 0.342. The molecule has 10 heteroatoms. The van der Waals surface area contributed by atoms with Gasteiger partial charge in [-0.2, -0.15) is 0 Å². The predicted molar refractivity (Wildman–Crippen MR) is 117 cm³/mol. The molecule has 3 aromatic rings. The van der Waals surface area contributed by atoms with Gasteiger partial charge < -0.3 is 30.4 Å². The third kappa shape index (κ3) is 5.59. The van der Waals surface area contributed by atoms with Gasteiger partial charge in [-0.05, 0) is 51.3 Å². The lowest BCUT2D eigenvalue weighted by atomic mass is 10.2. The number of benzene rings is 1. The average molecular weight is 433 g/mol. The molecule has 3 rings (SSSR count). The number of nitrogens with zero attached hydrogens (tertiary/aromatic N) is 3. The van der Waals surface area contributed by atoms with Crippen molar-refractivity contribution < 1.29 is 14.6 Å². The number of aliphatic carboxylic acids is 1. The molecule has 0 aliphatic carbocycles. The van der Waals surface area contributed by atoms with E-state index in [1.54, 1.807) is 18.2 Å². The summed E-state index contributed by atoms with van der Waals surface area (Å²) in [5.74, 6) is -0.142. The Balaban J connectivity index is 1.82. The van der Waals surface area contributed by atoms with Crippen molar-refractivity contribution in [3.63, 3.8) is 0 Å². The summed E-state index contributed by atoms with van der Waals surface area (Å²) in [7, 11) is 4.03. The van der Waals surface area contributed by atoms with Crippen LogP contribution >= 0.6 is 11.6 Å². The molecule has 0 radical (unpaired) electrons. The number of nitrogens with one attached hydrogen (secondary N) is 3. The number of aromatic nitrogens is 3. The minimum atomic E-state index is -1.07. The normalized spacial score (nSPS) is 11.2. The zero-order chi connectivity index (χ0) is 21.5. The van der Waals surface area contributed by atoms with Gasteiger partial charge in [-0.3, -0.25) is 0 Å². The molecular formula is C20H25ClN6O3. The molecular weight excluding hydrogens is 408 g/mol. The summed E-state index contributed by atoms with van der Waals surface area (Å²) in [6, 6.07) is 5.07. The van der Waals surface area contributed by atoms with Crippen molar-refractivity contribution in [3.8, 4) is 5.75 Å². The Kier molecular flexibility index (Phi) is 7.45. The monoisotopic (exact) mass is 432 g/mol. The Hall–Kier alpha value is -2.88. The van der Waals surface area contributed by atoms with E-state index in [-0.39, 0.29) is 5.75 Å². The number of hydrogen-bond donors (Lipinski definition) is 4. The van der Waals surface area contributed by atoms with E-state index >= 15 is 0 Å². The first-order valence-corrected chi connectivity index (χ1v) is 9.91. The van der Waals surface area contributed by atoms with Gasteiger partial charge in [-0.15, -0.1) is 0 Å². The Morgan fingerprint density at radius 3 is 2.97 bits per heavy atom. The number of rotatable bonds is 11. The van der Waals surface area contributed by atoms with Gasteiger partial charge in [-0.1, -0.05) is 11.6 Å². The van der Waals surface area contributed by atoms with Gasteiger partial charge in [0.25, 0.3) is 0 Å². The summed E-state index contributed by atoms with van der Waals surface area (Å²) in [6.07, 6.45) is 4.49. The third-order valence-electron chi connectivity index (χ3n) is 4.50. The van der Waals surface area contributed by atoms with Gasteiger partial charge >= 0.3 is 5.97 Å². The van der Waals surface area contributed by atoms with E-state index in [2.05, 4.69) is 37.5 Å². The van der Waals surface area contributed by atoms with E-state index in [9.17, 15) is 4.79 Å². The second-order valence-corrected chi connectivity index (χ2v) is 7.31. The zero-order valence-corrected chi connectivity index (χ0v) is 17.7. The maximum Gasteiger partial charge on any atom is 0.341 e. The van der Waals surface area contributed by atoms with E-state index in [0.29, 0.717) is 16.5 Å². The van der Waals surface area contributed by atoms with Crippen molar-refractivity contribution in [3.05, 3.63) is 41.3 Å². The van der Waals surface area contributed by atoms with Crippen LogP contribution in [-0.2, 0) is 11.3 Å². The lowest BCUT2D eigenvalue weighted by molar-refractivity contribution is -0.139. The van der Waals surface area contributed by atoms with Crippen LogP contribution in [0, 0.1) is 0 Å². The second-order valence-electron chi connectivity index (χ2n) is 6.91. The van der Waals surface area contributed by atoms with Crippen LogP contribution in [0.5, 0.6) is 5.75 Å². The van der Waals surface area contributed by atoms with Crippen LogP contribution in [0.25, 0.3) is 11.0 Å². The van der Waals surface area contributed by atoms with Gasteiger partial charge in [0, 0.05) is 24.5 Å². The van der Waals surface area contributed by atoms with Crippen LogP contribution in [0.4, 0.5) is 11.5 Å². The van der Waals surface area contributed by atoms with E-state index in [0.717, 1.165) is 42.7 Å². The van der Waals surface area contributed by atoms with Gasteiger partial charge in [0.05, 0.1) is 10.4 Å². The standard InChI is InChI=1S/C20H25ClN6O3/c1-22-6-3-7-27(2)10-13-9-23-19-18(13)20(25-12-24-19)26-14-4-5-15(21)16(8-14)30-11-17(28)29/h4-5,8-9,12,22H,3,6-7,10-11H2,1-2H3,(H,28,29)(H2,23,24,25,26). The highest BCUT2D eigenvalue weighted by molar-refractivity contribution is 6.32. The van der Waals surface area contributed by atoms with Gasteiger partial charge in [0.2, 0.25) is 0 Å². The summed E-state index contributed by atoms with van der Waals surface area (Å²) in [4.78, 5) is 24.9. The number of H-pyrrole nitrogens is 1.